The number of para-hydroxylation sites is 2. The maximum atomic E-state index is 5.83. The molecule has 4 nitrogen and oxygen atoms in total. The van der Waals surface area contributed by atoms with E-state index < -0.39 is 0 Å². The van der Waals surface area contributed by atoms with Crippen LogP contribution in [0.1, 0.15) is 11.1 Å². The highest BCUT2D eigenvalue weighted by molar-refractivity contribution is 5.74. The van der Waals surface area contributed by atoms with Gasteiger partial charge in [0.25, 0.3) is 0 Å². The second-order valence-electron chi connectivity index (χ2n) is 4.60. The second-order valence-corrected chi connectivity index (χ2v) is 4.60. The van der Waals surface area contributed by atoms with Gasteiger partial charge in [-0.15, -0.1) is 0 Å². The molecule has 0 fully saturated rings. The molecule has 0 aliphatic carbocycles. The van der Waals surface area contributed by atoms with Gasteiger partial charge in [-0.3, -0.25) is 0 Å². The van der Waals surface area contributed by atoms with E-state index in [4.69, 9.17) is 10.5 Å². The Morgan fingerprint density at radius 2 is 1.90 bits per heavy atom. The molecule has 2 N–H and O–H groups in total. The number of aromatic nitrogens is 2. The van der Waals surface area contributed by atoms with Gasteiger partial charge < -0.3 is 10.5 Å². The lowest BCUT2D eigenvalue weighted by Gasteiger charge is -2.09. The molecule has 20 heavy (non-hydrogen) atoms. The van der Waals surface area contributed by atoms with Crippen molar-refractivity contribution >= 4 is 11.0 Å². The van der Waals surface area contributed by atoms with E-state index in [1.54, 1.807) is 6.20 Å². The molecule has 0 bridgehead atoms. The Morgan fingerprint density at radius 3 is 2.70 bits per heavy atom. The first-order valence-electron chi connectivity index (χ1n) is 6.45. The highest BCUT2D eigenvalue weighted by Crippen LogP contribution is 2.25. The molecular weight excluding hydrogens is 250 g/mol. The van der Waals surface area contributed by atoms with Crippen molar-refractivity contribution in [3.05, 3.63) is 59.8 Å². The molecule has 0 atom stereocenters. The quantitative estimate of drug-likeness (QED) is 0.790. The van der Waals surface area contributed by atoms with Gasteiger partial charge in [0.05, 0.1) is 17.2 Å². The Morgan fingerprint density at radius 1 is 1.10 bits per heavy atom. The fourth-order valence-corrected chi connectivity index (χ4v) is 1.98. The van der Waals surface area contributed by atoms with Gasteiger partial charge in [-0.25, -0.2) is 9.97 Å². The zero-order valence-corrected chi connectivity index (χ0v) is 11.2. The minimum Gasteiger partial charge on any atom is -0.437 e. The van der Waals surface area contributed by atoms with Crippen molar-refractivity contribution < 1.29 is 4.74 Å². The van der Waals surface area contributed by atoms with Crippen LogP contribution in [0.25, 0.3) is 11.0 Å². The van der Waals surface area contributed by atoms with Crippen molar-refractivity contribution in [2.75, 3.05) is 0 Å². The first-order chi connectivity index (χ1) is 9.76. The number of nitrogens with two attached hydrogens (primary N) is 1. The summed E-state index contributed by atoms with van der Waals surface area (Å²) in [5, 5.41) is 0. The SMILES string of the molecule is Cc1ccc(CN)cc1Oc1cnc2ccccc2n1. The van der Waals surface area contributed by atoms with Gasteiger partial charge in [0.2, 0.25) is 5.88 Å². The summed E-state index contributed by atoms with van der Waals surface area (Å²) < 4.78 is 5.83. The Bertz CT molecular complexity index is 756. The minimum absolute atomic E-state index is 0.486. The molecule has 4 heteroatoms. The van der Waals surface area contributed by atoms with E-state index >= 15 is 0 Å². The van der Waals surface area contributed by atoms with Crippen molar-refractivity contribution in [1.29, 1.82) is 0 Å². The van der Waals surface area contributed by atoms with Crippen LogP contribution in [0.3, 0.4) is 0 Å². The second kappa shape index (κ2) is 5.27. The molecule has 0 aliphatic heterocycles. The highest BCUT2D eigenvalue weighted by atomic mass is 16.5. The number of aryl methyl sites for hydroxylation is 1. The molecule has 1 aromatic heterocycles. The fraction of sp³-hybridized carbons (Fsp3) is 0.125. The zero-order valence-electron chi connectivity index (χ0n) is 11.2. The van der Waals surface area contributed by atoms with E-state index in [-0.39, 0.29) is 0 Å². The van der Waals surface area contributed by atoms with Crippen LogP contribution in [0.15, 0.2) is 48.7 Å². The lowest BCUT2D eigenvalue weighted by atomic mass is 10.1. The molecule has 0 unspecified atom stereocenters. The monoisotopic (exact) mass is 265 g/mol. The standard InChI is InChI=1S/C16H15N3O/c1-11-6-7-12(9-17)8-15(11)20-16-10-18-13-4-2-3-5-14(13)19-16/h2-8,10H,9,17H2,1H3. The van der Waals surface area contributed by atoms with Gasteiger partial charge in [-0.2, -0.15) is 0 Å². The topological polar surface area (TPSA) is 61.0 Å². The summed E-state index contributed by atoms with van der Waals surface area (Å²) in [5.41, 5.74) is 9.39. The third kappa shape index (κ3) is 2.46. The minimum atomic E-state index is 0.486. The van der Waals surface area contributed by atoms with Crippen LogP contribution in [-0.4, -0.2) is 9.97 Å². The van der Waals surface area contributed by atoms with Gasteiger partial charge in [-0.1, -0.05) is 24.3 Å². The van der Waals surface area contributed by atoms with Gasteiger partial charge >= 0.3 is 0 Å². The van der Waals surface area contributed by atoms with Crippen molar-refractivity contribution in [3.63, 3.8) is 0 Å². The van der Waals surface area contributed by atoms with Crippen LogP contribution in [0.4, 0.5) is 0 Å². The summed E-state index contributed by atoms with van der Waals surface area (Å²) in [5.74, 6) is 1.25. The summed E-state index contributed by atoms with van der Waals surface area (Å²) >= 11 is 0. The Balaban J connectivity index is 1.96. The molecule has 0 spiro atoms. The van der Waals surface area contributed by atoms with Crippen molar-refractivity contribution in [1.82, 2.24) is 9.97 Å². The van der Waals surface area contributed by atoms with E-state index in [0.717, 1.165) is 27.9 Å². The van der Waals surface area contributed by atoms with Crippen LogP contribution < -0.4 is 10.5 Å². The molecule has 0 amide bonds. The van der Waals surface area contributed by atoms with Crippen molar-refractivity contribution in [2.45, 2.75) is 13.5 Å². The smallest absolute Gasteiger partial charge is 0.238 e. The van der Waals surface area contributed by atoms with E-state index in [2.05, 4.69) is 9.97 Å². The average Bonchev–Trinajstić information content (AvgIpc) is 2.49. The van der Waals surface area contributed by atoms with Crippen molar-refractivity contribution in [2.24, 2.45) is 5.73 Å². The van der Waals surface area contributed by atoms with Crippen LogP contribution in [-0.2, 0) is 6.54 Å². The van der Waals surface area contributed by atoms with Gasteiger partial charge in [0.15, 0.2) is 0 Å². The first kappa shape index (κ1) is 12.6. The van der Waals surface area contributed by atoms with Gasteiger partial charge in [0.1, 0.15) is 5.75 Å². The molecule has 0 aliphatic rings. The maximum absolute atomic E-state index is 5.83. The largest absolute Gasteiger partial charge is 0.437 e. The molecular formula is C16H15N3O. The van der Waals surface area contributed by atoms with E-state index in [9.17, 15) is 0 Å². The number of rotatable bonds is 3. The number of hydrogen-bond acceptors (Lipinski definition) is 4. The number of benzene rings is 2. The Kier molecular flexibility index (Phi) is 3.31. The summed E-state index contributed by atoms with van der Waals surface area (Å²) in [4.78, 5) is 8.79. The highest BCUT2D eigenvalue weighted by Gasteiger charge is 2.05. The van der Waals surface area contributed by atoms with Crippen LogP contribution in [0.5, 0.6) is 11.6 Å². The average molecular weight is 265 g/mol. The molecule has 0 saturated heterocycles. The maximum Gasteiger partial charge on any atom is 0.238 e. The lowest BCUT2D eigenvalue weighted by Crippen LogP contribution is -1.98. The molecule has 2 aromatic carbocycles. The summed E-state index contributed by atoms with van der Waals surface area (Å²) in [6.07, 6.45) is 1.64. The molecule has 0 saturated carbocycles. The first-order valence-corrected chi connectivity index (χ1v) is 6.45. The zero-order chi connectivity index (χ0) is 13.9. The van der Waals surface area contributed by atoms with E-state index in [0.29, 0.717) is 12.4 Å². The molecule has 3 aromatic rings. The summed E-state index contributed by atoms with van der Waals surface area (Å²) in [7, 11) is 0. The fourth-order valence-electron chi connectivity index (χ4n) is 1.98. The number of nitrogens with zero attached hydrogens (tertiary/aromatic N) is 2. The summed E-state index contributed by atoms with van der Waals surface area (Å²) in [6.45, 7) is 2.48. The predicted octanol–water partition coefficient (Wildman–Crippen LogP) is 3.19. The number of fused-ring (bicyclic) bond motifs is 1. The van der Waals surface area contributed by atoms with Gasteiger partial charge in [-0.05, 0) is 36.2 Å². The Hall–Kier alpha value is -2.46. The molecule has 100 valence electrons. The molecule has 1 heterocycles. The van der Waals surface area contributed by atoms with Gasteiger partial charge in [0, 0.05) is 6.54 Å². The lowest BCUT2D eigenvalue weighted by molar-refractivity contribution is 0.458. The molecule has 3 rings (SSSR count). The van der Waals surface area contributed by atoms with Crippen LogP contribution in [0, 0.1) is 6.92 Å². The van der Waals surface area contributed by atoms with Crippen molar-refractivity contribution in [3.8, 4) is 11.6 Å². The normalized spacial score (nSPS) is 10.7. The van der Waals surface area contributed by atoms with Crippen LogP contribution in [0.2, 0.25) is 0 Å². The Labute approximate surface area is 117 Å². The van der Waals surface area contributed by atoms with E-state index in [1.165, 1.54) is 0 Å². The third-order valence-electron chi connectivity index (χ3n) is 3.13. The van der Waals surface area contributed by atoms with E-state index in [1.807, 2.05) is 49.4 Å². The third-order valence-corrected chi connectivity index (χ3v) is 3.13. The summed E-state index contributed by atoms with van der Waals surface area (Å²) in [6, 6.07) is 13.6. The predicted molar refractivity (Wildman–Crippen MR) is 78.7 cm³/mol. The number of hydrogen-bond donors (Lipinski definition) is 1. The van der Waals surface area contributed by atoms with Crippen LogP contribution >= 0.6 is 0 Å². The number of ether oxygens (including phenoxy) is 1. The molecule has 0 radical (unpaired) electrons.